The molecule has 1 aliphatic rings. The first-order valence-corrected chi connectivity index (χ1v) is 11.0. The summed E-state index contributed by atoms with van der Waals surface area (Å²) in [6.45, 7) is 1.62. The van der Waals surface area contributed by atoms with Crippen LogP contribution in [0.5, 0.6) is 0 Å². The minimum atomic E-state index is -4.68. The van der Waals surface area contributed by atoms with E-state index in [0.717, 1.165) is 11.1 Å². The lowest BCUT2D eigenvalue weighted by Crippen LogP contribution is -2.36. The van der Waals surface area contributed by atoms with Crippen molar-refractivity contribution in [2.24, 2.45) is 0 Å². The summed E-state index contributed by atoms with van der Waals surface area (Å²) in [5, 5.41) is 10.7. The first kappa shape index (κ1) is 26.6. The number of carbonyl (C=O) groups is 2. The highest BCUT2D eigenvalue weighted by Crippen LogP contribution is 2.40. The maximum atomic E-state index is 13.9. The van der Waals surface area contributed by atoms with Gasteiger partial charge in [0.05, 0.1) is 11.4 Å². The minimum absolute atomic E-state index is 0.350. The van der Waals surface area contributed by atoms with E-state index in [-0.39, 0.29) is 4.88 Å². The van der Waals surface area contributed by atoms with Crippen LogP contribution in [0.1, 0.15) is 59.0 Å². The molecular weight excluding hydrogens is 509 g/mol. The van der Waals surface area contributed by atoms with E-state index >= 15 is 0 Å². The number of aromatic carboxylic acids is 1. The fourth-order valence-electron chi connectivity index (χ4n) is 3.67. The molecule has 0 aliphatic carbocycles. The summed E-state index contributed by atoms with van der Waals surface area (Å²) in [4.78, 5) is 32.3. The normalized spacial score (nSPS) is 18.7. The molecule has 1 fully saturated rings. The van der Waals surface area contributed by atoms with Gasteiger partial charge in [-0.25, -0.2) is 32.3 Å². The van der Waals surface area contributed by atoms with Crippen molar-refractivity contribution in [2.45, 2.75) is 57.3 Å². The Morgan fingerprint density at radius 1 is 1.34 bits per heavy atom. The van der Waals surface area contributed by atoms with Crippen LogP contribution in [0.2, 0.25) is 0 Å². The first-order chi connectivity index (χ1) is 16.1. The van der Waals surface area contributed by atoms with E-state index in [1.54, 1.807) is 0 Å². The number of amides is 1. The average molecular weight is 528 g/mol. The molecule has 0 spiro atoms. The summed E-state index contributed by atoms with van der Waals surface area (Å²) in [5.41, 5.74) is -1.92. The van der Waals surface area contributed by atoms with E-state index in [0.29, 0.717) is 17.4 Å². The van der Waals surface area contributed by atoms with Crippen molar-refractivity contribution in [2.75, 3.05) is 11.9 Å². The zero-order chi connectivity index (χ0) is 26.3. The zero-order valence-electron chi connectivity index (χ0n) is 18.2. The van der Waals surface area contributed by atoms with E-state index in [2.05, 4.69) is 9.97 Å². The molecule has 1 aliphatic heterocycles. The molecule has 0 radical (unpaired) electrons. The Labute approximate surface area is 198 Å². The number of carbonyl (C=O) groups excluding carboxylic acids is 1. The molecule has 3 heterocycles. The molecule has 2 unspecified atom stereocenters. The van der Waals surface area contributed by atoms with Crippen LogP contribution in [-0.2, 0) is 0 Å². The van der Waals surface area contributed by atoms with Crippen LogP contribution >= 0.6 is 11.3 Å². The summed E-state index contributed by atoms with van der Waals surface area (Å²) in [6.07, 6.45) is -8.22. The molecule has 192 valence electrons. The van der Waals surface area contributed by atoms with Gasteiger partial charge in [-0.2, -0.15) is 13.2 Å². The van der Waals surface area contributed by atoms with Crippen molar-refractivity contribution < 1.29 is 45.4 Å². The van der Waals surface area contributed by atoms with Crippen LogP contribution in [0.3, 0.4) is 0 Å². The van der Waals surface area contributed by atoms with Crippen molar-refractivity contribution in [1.29, 1.82) is 0 Å². The lowest BCUT2D eigenvalue weighted by atomic mass is 10.1. The number of carboxylic acids is 1. The van der Waals surface area contributed by atoms with Crippen molar-refractivity contribution in [1.82, 2.24) is 14.9 Å². The number of thiazole rings is 1. The fraction of sp³-hybridized carbons (Fsp3) is 0.500. The van der Waals surface area contributed by atoms with E-state index in [9.17, 15) is 45.4 Å². The number of nitrogens with one attached hydrogen (secondary N) is 1. The van der Waals surface area contributed by atoms with Crippen LogP contribution in [0.25, 0.3) is 10.4 Å². The van der Waals surface area contributed by atoms with Crippen molar-refractivity contribution in [3.05, 3.63) is 28.5 Å². The largest absolute Gasteiger partial charge is 0.476 e. The summed E-state index contributed by atoms with van der Waals surface area (Å²) < 4.78 is 94.6. The number of pyridine rings is 1. The molecule has 0 bridgehead atoms. The van der Waals surface area contributed by atoms with E-state index in [4.69, 9.17) is 0 Å². The van der Waals surface area contributed by atoms with Gasteiger partial charge in [-0.1, -0.05) is 6.92 Å². The zero-order valence-corrected chi connectivity index (χ0v) is 19.0. The molecule has 0 saturated carbocycles. The maximum absolute atomic E-state index is 13.9. The number of hydrogen-bond acceptors (Lipinski definition) is 6. The lowest BCUT2D eigenvalue weighted by molar-refractivity contribution is -0.142. The predicted octanol–water partition coefficient (Wildman–Crippen LogP) is 5.46. The number of halogens is 7. The van der Waals surface area contributed by atoms with Crippen molar-refractivity contribution in [3.63, 3.8) is 0 Å². The van der Waals surface area contributed by atoms with Gasteiger partial charge >= 0.3 is 12.1 Å². The van der Waals surface area contributed by atoms with E-state index in [1.807, 2.05) is 5.32 Å². The summed E-state index contributed by atoms with van der Waals surface area (Å²) in [6, 6.07) is -2.34. The number of anilines is 1. The minimum Gasteiger partial charge on any atom is -0.476 e. The van der Waals surface area contributed by atoms with Gasteiger partial charge in [0.2, 0.25) is 5.01 Å². The fourth-order valence-corrected chi connectivity index (χ4v) is 4.60. The SMILES string of the molecule is CCC(Nc1cc(C(F)F)c(-c2sc(C(=O)O)nc2C(=O)N2CC(F)(F)CC2C)cn1)C(F)(F)F. The van der Waals surface area contributed by atoms with Gasteiger partial charge in [0.15, 0.2) is 0 Å². The Morgan fingerprint density at radius 2 is 2.00 bits per heavy atom. The molecule has 2 atom stereocenters. The van der Waals surface area contributed by atoms with Gasteiger partial charge < -0.3 is 15.3 Å². The Hall–Kier alpha value is -2.97. The molecule has 2 N–H and O–H groups in total. The molecular formula is C20H19F7N4O3S. The smallest absolute Gasteiger partial charge is 0.408 e. The van der Waals surface area contributed by atoms with Crippen LogP contribution in [0.15, 0.2) is 12.3 Å². The van der Waals surface area contributed by atoms with Crippen LogP contribution in [0, 0.1) is 0 Å². The molecule has 1 saturated heterocycles. The lowest BCUT2D eigenvalue weighted by Gasteiger charge is -2.22. The van der Waals surface area contributed by atoms with E-state index < -0.39 is 89.5 Å². The first-order valence-electron chi connectivity index (χ1n) is 10.2. The van der Waals surface area contributed by atoms with Crippen molar-refractivity contribution in [3.8, 4) is 10.4 Å². The second kappa shape index (κ2) is 9.59. The molecule has 7 nitrogen and oxygen atoms in total. The van der Waals surface area contributed by atoms with Gasteiger partial charge in [0, 0.05) is 29.8 Å². The molecule has 1 amide bonds. The third-order valence-corrected chi connectivity index (χ3v) is 6.42. The van der Waals surface area contributed by atoms with Crippen LogP contribution < -0.4 is 5.32 Å². The Balaban J connectivity index is 2.08. The molecule has 35 heavy (non-hydrogen) atoms. The number of aromatic nitrogens is 2. The third kappa shape index (κ3) is 5.65. The topological polar surface area (TPSA) is 95.4 Å². The summed E-state index contributed by atoms with van der Waals surface area (Å²) in [7, 11) is 0. The standard InChI is InChI=1S/C20H19F7N4O3S/c1-3-11(20(25,26)27)29-12-4-9(15(21)22)10(6-28-12)14-13(30-16(35-14)18(33)34)17(32)31-7-19(23,24)5-8(31)2/h4,6,8,11,15H,3,5,7H2,1-2H3,(H,28,29)(H,33,34). The molecule has 0 aromatic carbocycles. The Bertz CT molecular complexity index is 1120. The number of likely N-dealkylation sites (tertiary alicyclic amines) is 1. The summed E-state index contributed by atoms with van der Waals surface area (Å²) in [5.74, 6) is -6.38. The van der Waals surface area contributed by atoms with Crippen LogP contribution in [0.4, 0.5) is 36.6 Å². The summed E-state index contributed by atoms with van der Waals surface area (Å²) >= 11 is 0.350. The number of alkyl halides is 7. The van der Waals surface area contributed by atoms with Gasteiger partial charge in [0.1, 0.15) is 17.6 Å². The van der Waals surface area contributed by atoms with Gasteiger partial charge in [-0.15, -0.1) is 11.3 Å². The van der Waals surface area contributed by atoms with Crippen LogP contribution in [-0.4, -0.2) is 62.6 Å². The second-order valence-electron chi connectivity index (χ2n) is 7.95. The number of carboxylic acid groups (broad SMARTS) is 1. The molecule has 2 aromatic rings. The van der Waals surface area contributed by atoms with Crippen molar-refractivity contribution >= 4 is 29.0 Å². The highest BCUT2D eigenvalue weighted by atomic mass is 32.1. The Kier molecular flexibility index (Phi) is 7.29. The van der Waals surface area contributed by atoms with Gasteiger partial charge in [0.25, 0.3) is 18.3 Å². The highest BCUT2D eigenvalue weighted by Gasteiger charge is 2.46. The average Bonchev–Trinajstić information content (AvgIpc) is 3.30. The van der Waals surface area contributed by atoms with Gasteiger partial charge in [-0.05, 0) is 19.4 Å². The quantitative estimate of drug-likeness (QED) is 0.464. The second-order valence-corrected chi connectivity index (χ2v) is 8.95. The monoisotopic (exact) mass is 528 g/mol. The predicted molar refractivity (Wildman–Crippen MR) is 111 cm³/mol. The Morgan fingerprint density at radius 3 is 2.49 bits per heavy atom. The molecule has 2 aromatic heterocycles. The van der Waals surface area contributed by atoms with Gasteiger partial charge in [-0.3, -0.25) is 4.79 Å². The number of nitrogens with zero attached hydrogens (tertiary/aromatic N) is 3. The third-order valence-electron chi connectivity index (χ3n) is 5.34. The molecule has 15 heteroatoms. The maximum Gasteiger partial charge on any atom is 0.408 e. The number of hydrogen-bond donors (Lipinski definition) is 2. The highest BCUT2D eigenvalue weighted by molar-refractivity contribution is 7.17. The van der Waals surface area contributed by atoms with E-state index in [1.165, 1.54) is 13.8 Å². The number of rotatable bonds is 7. The molecule has 3 rings (SSSR count).